The first-order valence-corrected chi connectivity index (χ1v) is 3.85. The molecular formula is C5H11NNaOP. The quantitative estimate of drug-likeness (QED) is 0.438. The van der Waals surface area contributed by atoms with Gasteiger partial charge in [-0.05, 0) is 19.4 Å². The molecular weight excluding hydrogens is 144 g/mol. The third kappa shape index (κ3) is 3.69. The van der Waals surface area contributed by atoms with Crippen molar-refractivity contribution < 1.29 is 4.57 Å². The van der Waals surface area contributed by atoms with Crippen molar-refractivity contribution in [3.05, 3.63) is 0 Å². The number of nitrogens with one attached hydrogen (secondary N) is 1. The van der Waals surface area contributed by atoms with Crippen LogP contribution in [-0.2, 0) is 4.57 Å². The number of hydrogen-bond donors (Lipinski definition) is 1. The van der Waals surface area contributed by atoms with Crippen molar-refractivity contribution in [3.8, 4) is 0 Å². The Morgan fingerprint density at radius 3 is 2.67 bits per heavy atom. The van der Waals surface area contributed by atoms with Gasteiger partial charge in [-0.3, -0.25) is 4.57 Å². The average Bonchev–Trinajstić information content (AvgIpc) is 1.90. The van der Waals surface area contributed by atoms with Gasteiger partial charge in [-0.1, -0.05) is 0 Å². The van der Waals surface area contributed by atoms with E-state index in [4.69, 9.17) is 0 Å². The summed E-state index contributed by atoms with van der Waals surface area (Å²) >= 11 is 0. The molecule has 0 saturated carbocycles. The van der Waals surface area contributed by atoms with E-state index in [0.29, 0.717) is 14.1 Å². The summed E-state index contributed by atoms with van der Waals surface area (Å²) in [5, 5.41) is 3.18. The molecule has 1 fully saturated rings. The van der Waals surface area contributed by atoms with E-state index < -0.39 is 0 Å². The van der Waals surface area contributed by atoms with Crippen molar-refractivity contribution in [2.24, 2.45) is 0 Å². The molecule has 0 bridgehead atoms. The van der Waals surface area contributed by atoms with Crippen LogP contribution in [0.15, 0.2) is 0 Å². The molecule has 0 radical (unpaired) electrons. The van der Waals surface area contributed by atoms with Crippen LogP contribution < -0.4 is 5.32 Å². The molecule has 1 atom stereocenters. The number of rotatable bonds is 1. The predicted molar refractivity (Wildman–Crippen MR) is 40.6 cm³/mol. The van der Waals surface area contributed by atoms with Gasteiger partial charge in [0.05, 0.1) is 5.66 Å². The second-order valence-corrected chi connectivity index (χ2v) is 3.05. The minimum atomic E-state index is 0. The summed E-state index contributed by atoms with van der Waals surface area (Å²) in [5.41, 5.74) is 0.392. The molecule has 0 aromatic carbocycles. The van der Waals surface area contributed by atoms with E-state index in [2.05, 4.69) is 5.32 Å². The maximum atomic E-state index is 10.2. The van der Waals surface area contributed by atoms with E-state index in [-0.39, 0.29) is 29.6 Å². The fourth-order valence-electron chi connectivity index (χ4n) is 0.923. The van der Waals surface area contributed by atoms with Gasteiger partial charge in [0.25, 0.3) is 0 Å². The summed E-state index contributed by atoms with van der Waals surface area (Å²) in [6, 6.07) is 0. The van der Waals surface area contributed by atoms with Gasteiger partial charge in [0.2, 0.25) is 0 Å². The van der Waals surface area contributed by atoms with Crippen molar-refractivity contribution in [2.45, 2.75) is 18.5 Å². The van der Waals surface area contributed by atoms with Crippen LogP contribution in [-0.4, -0.2) is 48.3 Å². The molecule has 1 aliphatic rings. The topological polar surface area (TPSA) is 29.1 Å². The van der Waals surface area contributed by atoms with Gasteiger partial charge in [-0.25, -0.2) is 0 Å². The van der Waals surface area contributed by atoms with Gasteiger partial charge in [-0.2, -0.15) is 0 Å². The van der Waals surface area contributed by atoms with E-state index in [0.717, 1.165) is 19.5 Å². The summed E-state index contributed by atoms with van der Waals surface area (Å²) in [4.78, 5) is 0. The number of piperidine rings is 1. The normalized spacial score (nSPS) is 27.3. The SMILES string of the molecule is O=PC1CCCNC1.[NaH]. The second kappa shape index (κ2) is 5.82. The molecule has 1 saturated heterocycles. The minimum absolute atomic E-state index is 0. The van der Waals surface area contributed by atoms with E-state index in [1.165, 1.54) is 6.42 Å². The third-order valence-corrected chi connectivity index (χ3v) is 2.16. The summed E-state index contributed by atoms with van der Waals surface area (Å²) in [6.07, 6.45) is 2.30. The summed E-state index contributed by atoms with van der Waals surface area (Å²) in [7, 11) is 0.314. The molecule has 1 aliphatic heterocycles. The Morgan fingerprint density at radius 1 is 1.56 bits per heavy atom. The molecule has 0 aliphatic carbocycles. The molecule has 1 rings (SSSR count). The van der Waals surface area contributed by atoms with Gasteiger partial charge in [-0.15, -0.1) is 0 Å². The van der Waals surface area contributed by atoms with Crippen LogP contribution in [0, 0.1) is 0 Å². The second-order valence-electron chi connectivity index (χ2n) is 2.11. The van der Waals surface area contributed by atoms with E-state index in [9.17, 15) is 4.57 Å². The first-order valence-electron chi connectivity index (χ1n) is 2.96. The van der Waals surface area contributed by atoms with Crippen molar-refractivity contribution in [1.29, 1.82) is 0 Å². The fraction of sp³-hybridized carbons (Fsp3) is 1.00. The van der Waals surface area contributed by atoms with Gasteiger partial charge < -0.3 is 5.32 Å². The Morgan fingerprint density at radius 2 is 2.33 bits per heavy atom. The van der Waals surface area contributed by atoms with Crippen LogP contribution in [0.25, 0.3) is 0 Å². The van der Waals surface area contributed by atoms with Crippen LogP contribution in [0.3, 0.4) is 0 Å². The predicted octanol–water partition coefficient (Wildman–Crippen LogP) is 0.382. The molecule has 4 heteroatoms. The van der Waals surface area contributed by atoms with Crippen LogP contribution in [0.1, 0.15) is 12.8 Å². The van der Waals surface area contributed by atoms with Crippen LogP contribution >= 0.6 is 8.46 Å². The van der Waals surface area contributed by atoms with Crippen molar-refractivity contribution >= 4 is 38.0 Å². The first kappa shape index (κ1) is 10.1. The zero-order chi connectivity index (χ0) is 5.82. The zero-order valence-corrected chi connectivity index (χ0v) is 5.66. The molecule has 9 heavy (non-hydrogen) atoms. The summed E-state index contributed by atoms with van der Waals surface area (Å²) < 4.78 is 10.2. The van der Waals surface area contributed by atoms with Crippen molar-refractivity contribution in [3.63, 3.8) is 0 Å². The Labute approximate surface area is 79.3 Å². The Balaban J connectivity index is 0.000000640. The standard InChI is InChI=1S/C5H10NOP.Na.H/c7-8-5-2-1-3-6-4-5;;/h5-6H,1-4H2;;. The Bertz CT molecular complexity index is 85.0. The van der Waals surface area contributed by atoms with Crippen LogP contribution in [0.5, 0.6) is 0 Å². The maximum absolute atomic E-state index is 10.2. The van der Waals surface area contributed by atoms with Crippen LogP contribution in [0.4, 0.5) is 0 Å². The van der Waals surface area contributed by atoms with Gasteiger partial charge >= 0.3 is 29.6 Å². The molecule has 2 nitrogen and oxygen atoms in total. The van der Waals surface area contributed by atoms with Crippen LogP contribution in [0.2, 0.25) is 0 Å². The first-order chi connectivity index (χ1) is 3.93. The molecule has 0 amide bonds. The van der Waals surface area contributed by atoms with E-state index >= 15 is 0 Å². The Hall–Kier alpha value is 1.06. The molecule has 1 heterocycles. The van der Waals surface area contributed by atoms with Gasteiger partial charge in [0, 0.05) is 6.54 Å². The van der Waals surface area contributed by atoms with E-state index in [1.54, 1.807) is 0 Å². The Kier molecular flexibility index (Phi) is 6.50. The van der Waals surface area contributed by atoms with Crippen molar-refractivity contribution in [2.75, 3.05) is 13.1 Å². The fourth-order valence-corrected chi connectivity index (χ4v) is 1.42. The molecule has 0 aromatic heterocycles. The molecule has 48 valence electrons. The monoisotopic (exact) mass is 155 g/mol. The third-order valence-electron chi connectivity index (χ3n) is 1.42. The molecule has 1 N–H and O–H groups in total. The average molecular weight is 155 g/mol. The number of hydrogen-bond acceptors (Lipinski definition) is 2. The van der Waals surface area contributed by atoms with Gasteiger partial charge in [0.1, 0.15) is 0 Å². The van der Waals surface area contributed by atoms with Crippen molar-refractivity contribution in [1.82, 2.24) is 5.32 Å². The van der Waals surface area contributed by atoms with E-state index in [1.807, 2.05) is 0 Å². The summed E-state index contributed by atoms with van der Waals surface area (Å²) in [5.74, 6) is 0. The molecule has 0 aromatic rings. The van der Waals surface area contributed by atoms with Gasteiger partial charge in [0.15, 0.2) is 8.46 Å². The molecule has 0 spiro atoms. The summed E-state index contributed by atoms with van der Waals surface area (Å²) in [6.45, 7) is 2.04. The molecule has 1 unspecified atom stereocenters. The zero-order valence-electron chi connectivity index (χ0n) is 4.76.